The van der Waals surface area contributed by atoms with Gasteiger partial charge in [0.15, 0.2) is 0 Å². The molecule has 19 heavy (non-hydrogen) atoms. The van der Waals surface area contributed by atoms with Gasteiger partial charge in [0.25, 0.3) is 0 Å². The number of para-hydroxylation sites is 1. The first-order valence-electron chi connectivity index (χ1n) is 6.19. The van der Waals surface area contributed by atoms with Crippen LogP contribution in [0.25, 0.3) is 0 Å². The maximum absolute atomic E-state index is 6.02. The Morgan fingerprint density at radius 2 is 1.68 bits per heavy atom. The van der Waals surface area contributed by atoms with E-state index in [4.69, 9.17) is 9.47 Å². The van der Waals surface area contributed by atoms with Crippen molar-refractivity contribution in [2.24, 2.45) is 0 Å². The van der Waals surface area contributed by atoms with Gasteiger partial charge in [0.05, 0.1) is 19.8 Å². The second-order valence-corrected chi connectivity index (χ2v) is 5.06. The monoisotopic (exact) mass is 368 g/mol. The van der Waals surface area contributed by atoms with Gasteiger partial charge >= 0.3 is 0 Å². The average molecular weight is 368 g/mol. The van der Waals surface area contributed by atoms with Crippen molar-refractivity contribution in [3.8, 4) is 5.75 Å². The molecule has 1 atom stereocenters. The van der Waals surface area contributed by atoms with Crippen molar-refractivity contribution >= 4 is 22.6 Å². The predicted molar refractivity (Wildman–Crippen MR) is 85.9 cm³/mol. The quantitative estimate of drug-likeness (QED) is 0.556. The van der Waals surface area contributed by atoms with Gasteiger partial charge in [0.1, 0.15) is 5.75 Å². The van der Waals surface area contributed by atoms with Gasteiger partial charge in [-0.25, -0.2) is 0 Å². The highest BCUT2D eigenvalue weighted by molar-refractivity contribution is 14.1. The molecule has 0 aliphatic rings. The van der Waals surface area contributed by atoms with Gasteiger partial charge in [-0.3, -0.25) is 0 Å². The summed E-state index contributed by atoms with van der Waals surface area (Å²) in [7, 11) is 1.69. The molecule has 0 saturated carbocycles. The second kappa shape index (κ2) is 7.50. The van der Waals surface area contributed by atoms with Crippen LogP contribution in [0.5, 0.6) is 5.75 Å². The van der Waals surface area contributed by atoms with Crippen LogP contribution in [0, 0.1) is 0 Å². The first kappa shape index (κ1) is 14.3. The maximum atomic E-state index is 6.02. The molecule has 0 spiro atoms. The molecule has 0 fully saturated rings. The summed E-state index contributed by atoms with van der Waals surface area (Å²) in [5.41, 5.74) is 2.29. The number of methoxy groups -OCH3 is 1. The summed E-state index contributed by atoms with van der Waals surface area (Å²) in [5, 5.41) is 0. The third kappa shape index (κ3) is 3.94. The summed E-state index contributed by atoms with van der Waals surface area (Å²) in [5.74, 6) is 0.886. The van der Waals surface area contributed by atoms with E-state index in [1.165, 1.54) is 5.56 Å². The summed E-state index contributed by atoms with van der Waals surface area (Å²) < 4.78 is 12.3. The van der Waals surface area contributed by atoms with E-state index >= 15 is 0 Å². The number of alkyl halides is 1. The SMILES string of the molecule is COc1ccccc1C(CI)OCc1ccccc1. The van der Waals surface area contributed by atoms with Gasteiger partial charge < -0.3 is 9.47 Å². The molecular formula is C16H17IO2. The van der Waals surface area contributed by atoms with Gasteiger partial charge in [0.2, 0.25) is 0 Å². The Bertz CT molecular complexity index is 499. The van der Waals surface area contributed by atoms with Crippen LogP contribution >= 0.6 is 22.6 Å². The van der Waals surface area contributed by atoms with E-state index in [1.54, 1.807) is 7.11 Å². The van der Waals surface area contributed by atoms with E-state index in [1.807, 2.05) is 36.4 Å². The van der Waals surface area contributed by atoms with Crippen LogP contribution in [0.15, 0.2) is 54.6 Å². The fraction of sp³-hybridized carbons (Fsp3) is 0.250. The van der Waals surface area contributed by atoms with Gasteiger partial charge in [-0.15, -0.1) is 0 Å². The van der Waals surface area contributed by atoms with Crippen molar-refractivity contribution in [3.63, 3.8) is 0 Å². The van der Waals surface area contributed by atoms with Crippen molar-refractivity contribution in [2.45, 2.75) is 12.7 Å². The minimum atomic E-state index is 0.0527. The topological polar surface area (TPSA) is 18.5 Å². The minimum Gasteiger partial charge on any atom is -0.496 e. The number of halogens is 1. The molecule has 1 unspecified atom stereocenters. The molecule has 0 radical (unpaired) electrons. The van der Waals surface area contributed by atoms with E-state index in [2.05, 4.69) is 40.8 Å². The van der Waals surface area contributed by atoms with Crippen LogP contribution < -0.4 is 4.74 Å². The van der Waals surface area contributed by atoms with Crippen LogP contribution in [0.4, 0.5) is 0 Å². The molecule has 0 amide bonds. The highest BCUT2D eigenvalue weighted by Gasteiger charge is 2.15. The molecule has 3 heteroatoms. The Labute approximate surface area is 127 Å². The van der Waals surface area contributed by atoms with Crippen molar-refractivity contribution in [1.29, 1.82) is 0 Å². The lowest BCUT2D eigenvalue weighted by Crippen LogP contribution is -2.07. The number of hydrogen-bond acceptors (Lipinski definition) is 2. The Hall–Kier alpha value is -1.07. The molecule has 2 nitrogen and oxygen atoms in total. The zero-order chi connectivity index (χ0) is 13.5. The normalized spacial score (nSPS) is 12.1. The fourth-order valence-electron chi connectivity index (χ4n) is 1.92. The highest BCUT2D eigenvalue weighted by atomic mass is 127. The molecule has 0 N–H and O–H groups in total. The maximum Gasteiger partial charge on any atom is 0.124 e. The summed E-state index contributed by atoms with van der Waals surface area (Å²) in [4.78, 5) is 0. The Morgan fingerprint density at radius 3 is 2.37 bits per heavy atom. The number of hydrogen-bond donors (Lipinski definition) is 0. The summed E-state index contributed by atoms with van der Waals surface area (Å²) >= 11 is 2.35. The number of benzene rings is 2. The van der Waals surface area contributed by atoms with Crippen LogP contribution in [-0.2, 0) is 11.3 Å². The third-order valence-electron chi connectivity index (χ3n) is 2.92. The van der Waals surface area contributed by atoms with Crippen LogP contribution in [0.1, 0.15) is 17.2 Å². The van der Waals surface area contributed by atoms with Gasteiger partial charge in [-0.2, -0.15) is 0 Å². The van der Waals surface area contributed by atoms with E-state index in [9.17, 15) is 0 Å². The zero-order valence-electron chi connectivity index (χ0n) is 10.9. The molecule has 0 heterocycles. The summed E-state index contributed by atoms with van der Waals surface area (Å²) in [6.45, 7) is 0.618. The molecular weight excluding hydrogens is 351 g/mol. The van der Waals surface area contributed by atoms with Crippen molar-refractivity contribution in [2.75, 3.05) is 11.5 Å². The van der Waals surface area contributed by atoms with E-state index in [0.29, 0.717) is 6.61 Å². The van der Waals surface area contributed by atoms with E-state index in [0.717, 1.165) is 15.7 Å². The predicted octanol–water partition coefficient (Wildman–Crippen LogP) is 4.39. The van der Waals surface area contributed by atoms with Crippen molar-refractivity contribution in [1.82, 2.24) is 0 Å². The first-order valence-corrected chi connectivity index (χ1v) is 7.72. The molecule has 0 bridgehead atoms. The van der Waals surface area contributed by atoms with Crippen LogP contribution in [-0.4, -0.2) is 11.5 Å². The molecule has 100 valence electrons. The van der Waals surface area contributed by atoms with Crippen molar-refractivity contribution < 1.29 is 9.47 Å². The van der Waals surface area contributed by atoms with Gasteiger partial charge in [-0.05, 0) is 11.6 Å². The van der Waals surface area contributed by atoms with Gasteiger partial charge in [0, 0.05) is 9.99 Å². The Kier molecular flexibility index (Phi) is 5.66. The molecule has 2 rings (SSSR count). The largest absolute Gasteiger partial charge is 0.496 e. The van der Waals surface area contributed by atoms with E-state index < -0.39 is 0 Å². The molecule has 2 aromatic carbocycles. The molecule has 0 aliphatic carbocycles. The second-order valence-electron chi connectivity index (χ2n) is 4.18. The number of ether oxygens (including phenoxy) is 2. The highest BCUT2D eigenvalue weighted by Crippen LogP contribution is 2.29. The Balaban J connectivity index is 2.08. The number of rotatable bonds is 6. The third-order valence-corrected chi connectivity index (χ3v) is 3.72. The lowest BCUT2D eigenvalue weighted by Gasteiger charge is -2.18. The molecule has 0 aromatic heterocycles. The first-order chi connectivity index (χ1) is 9.35. The van der Waals surface area contributed by atoms with Crippen LogP contribution in [0.2, 0.25) is 0 Å². The molecule has 2 aromatic rings. The van der Waals surface area contributed by atoms with Gasteiger partial charge in [-0.1, -0.05) is 71.1 Å². The molecule has 0 aliphatic heterocycles. The summed E-state index contributed by atoms with van der Waals surface area (Å²) in [6.07, 6.45) is 0.0527. The lowest BCUT2D eigenvalue weighted by atomic mass is 10.1. The lowest BCUT2D eigenvalue weighted by molar-refractivity contribution is 0.0561. The average Bonchev–Trinajstić information content (AvgIpc) is 2.49. The summed E-state index contributed by atoms with van der Waals surface area (Å²) in [6, 6.07) is 18.3. The minimum absolute atomic E-state index is 0.0527. The molecule has 0 saturated heterocycles. The zero-order valence-corrected chi connectivity index (χ0v) is 13.0. The standard InChI is InChI=1S/C16H17IO2/c1-18-15-10-6-5-9-14(15)16(11-17)19-12-13-7-3-2-4-8-13/h2-10,16H,11-12H2,1H3. The van der Waals surface area contributed by atoms with Crippen LogP contribution in [0.3, 0.4) is 0 Å². The fourth-order valence-corrected chi connectivity index (χ4v) is 2.65. The Morgan fingerprint density at radius 1 is 1.00 bits per heavy atom. The smallest absolute Gasteiger partial charge is 0.124 e. The van der Waals surface area contributed by atoms with Crippen molar-refractivity contribution in [3.05, 3.63) is 65.7 Å². The van der Waals surface area contributed by atoms with E-state index in [-0.39, 0.29) is 6.10 Å².